The largest absolute Gasteiger partial charge is 0.508 e. The second kappa shape index (κ2) is 9.61. The van der Waals surface area contributed by atoms with Crippen molar-refractivity contribution in [2.24, 2.45) is 17.6 Å². The molecule has 4 nitrogen and oxygen atoms in total. The van der Waals surface area contributed by atoms with Crippen molar-refractivity contribution in [3.63, 3.8) is 0 Å². The minimum absolute atomic E-state index is 0.000646. The smallest absolute Gasteiger partial charge is 0.123 e. The van der Waals surface area contributed by atoms with Crippen LogP contribution in [0.1, 0.15) is 71.3 Å². The molecular weight excluding hydrogens is 326 g/mol. The summed E-state index contributed by atoms with van der Waals surface area (Å²) >= 11 is 0. The Morgan fingerprint density at radius 3 is 2.54 bits per heavy atom. The predicted octanol–water partition coefficient (Wildman–Crippen LogP) is 4.41. The van der Waals surface area contributed by atoms with Crippen LogP contribution in [0, 0.1) is 11.8 Å². The molecule has 148 valence electrons. The number of rotatable bonds is 12. The summed E-state index contributed by atoms with van der Waals surface area (Å²) in [5, 5.41) is 20.0. The zero-order chi connectivity index (χ0) is 19.2. The maximum atomic E-state index is 10.3. The molecule has 0 bridgehead atoms. The Hall–Kier alpha value is -1.26. The van der Waals surface area contributed by atoms with Crippen LogP contribution in [0.5, 0.6) is 11.5 Å². The molecule has 0 aliphatic heterocycles. The number of aliphatic hydroxyl groups is 1. The topological polar surface area (TPSA) is 75.7 Å². The van der Waals surface area contributed by atoms with Crippen LogP contribution in [0.2, 0.25) is 0 Å². The van der Waals surface area contributed by atoms with Gasteiger partial charge in [0.15, 0.2) is 0 Å². The van der Waals surface area contributed by atoms with E-state index in [9.17, 15) is 10.2 Å². The molecular formula is C22H37NO3. The van der Waals surface area contributed by atoms with Gasteiger partial charge in [-0.05, 0) is 62.5 Å². The first-order valence-corrected chi connectivity index (χ1v) is 10.2. The molecule has 26 heavy (non-hydrogen) atoms. The number of ether oxygens (including phenoxy) is 1. The van der Waals surface area contributed by atoms with Crippen molar-refractivity contribution in [3.8, 4) is 11.5 Å². The Balaban J connectivity index is 1.84. The van der Waals surface area contributed by atoms with Crippen molar-refractivity contribution in [3.05, 3.63) is 23.8 Å². The molecule has 1 aromatic carbocycles. The fraction of sp³-hybridized carbons (Fsp3) is 0.727. The molecule has 1 aromatic rings. The molecule has 1 aliphatic carbocycles. The lowest BCUT2D eigenvalue weighted by Crippen LogP contribution is -2.44. The highest BCUT2D eigenvalue weighted by Crippen LogP contribution is 2.37. The zero-order valence-electron chi connectivity index (χ0n) is 16.7. The number of hydrogen-bond donors (Lipinski definition) is 3. The van der Waals surface area contributed by atoms with Gasteiger partial charge in [0, 0.05) is 11.6 Å². The molecule has 0 radical (unpaired) electrons. The molecule has 0 aromatic heterocycles. The average molecular weight is 364 g/mol. The monoisotopic (exact) mass is 363 g/mol. The summed E-state index contributed by atoms with van der Waals surface area (Å²) < 4.78 is 5.93. The highest BCUT2D eigenvalue weighted by Gasteiger charge is 2.33. The van der Waals surface area contributed by atoms with Gasteiger partial charge in [-0.15, -0.1) is 0 Å². The molecule has 4 heteroatoms. The van der Waals surface area contributed by atoms with E-state index in [4.69, 9.17) is 10.5 Å². The molecule has 2 unspecified atom stereocenters. The first-order chi connectivity index (χ1) is 12.3. The number of phenols is 1. The molecule has 0 amide bonds. The molecule has 1 fully saturated rings. The SMILES string of the molecule is CC(C)CCCC(C)Oc1ccc(CCC(N)(CO)CC2CC2)c(O)c1. The molecule has 0 spiro atoms. The number of nitrogens with two attached hydrogens (primary N) is 1. The van der Waals surface area contributed by atoms with Crippen molar-refractivity contribution >= 4 is 0 Å². The fourth-order valence-corrected chi connectivity index (χ4v) is 3.46. The van der Waals surface area contributed by atoms with Crippen LogP contribution in [0.15, 0.2) is 18.2 Å². The lowest BCUT2D eigenvalue weighted by atomic mass is 9.87. The minimum atomic E-state index is -0.534. The molecule has 4 N–H and O–H groups in total. The molecule has 1 aliphatic rings. The molecule has 0 heterocycles. The van der Waals surface area contributed by atoms with Gasteiger partial charge in [-0.3, -0.25) is 0 Å². The molecule has 2 atom stereocenters. The van der Waals surface area contributed by atoms with Crippen LogP contribution >= 0.6 is 0 Å². The number of aromatic hydroxyl groups is 1. The summed E-state index contributed by atoms with van der Waals surface area (Å²) in [5.74, 6) is 2.36. The van der Waals surface area contributed by atoms with Gasteiger partial charge in [0.1, 0.15) is 11.5 Å². The van der Waals surface area contributed by atoms with Gasteiger partial charge >= 0.3 is 0 Å². The first kappa shape index (κ1) is 21.0. The second-order valence-corrected chi connectivity index (χ2v) is 8.71. The summed E-state index contributed by atoms with van der Waals surface area (Å²) in [5.41, 5.74) is 6.67. The van der Waals surface area contributed by atoms with E-state index in [1.807, 2.05) is 12.1 Å². The van der Waals surface area contributed by atoms with E-state index in [0.29, 0.717) is 24.5 Å². The van der Waals surface area contributed by atoms with Gasteiger partial charge in [-0.1, -0.05) is 39.2 Å². The number of phenolic OH excluding ortho intramolecular Hbond substituents is 1. The van der Waals surface area contributed by atoms with E-state index < -0.39 is 5.54 Å². The first-order valence-electron chi connectivity index (χ1n) is 10.2. The van der Waals surface area contributed by atoms with E-state index in [1.165, 1.54) is 19.3 Å². The predicted molar refractivity (Wildman–Crippen MR) is 107 cm³/mol. The quantitative estimate of drug-likeness (QED) is 0.514. The maximum Gasteiger partial charge on any atom is 0.123 e. The van der Waals surface area contributed by atoms with Crippen molar-refractivity contribution in [2.75, 3.05) is 6.61 Å². The van der Waals surface area contributed by atoms with Gasteiger partial charge in [-0.25, -0.2) is 0 Å². The van der Waals surface area contributed by atoms with Crippen LogP contribution in [0.3, 0.4) is 0 Å². The summed E-state index contributed by atoms with van der Waals surface area (Å²) in [6.45, 7) is 6.55. The lowest BCUT2D eigenvalue weighted by Gasteiger charge is -2.27. The third-order valence-corrected chi connectivity index (χ3v) is 5.39. The van der Waals surface area contributed by atoms with Crippen LogP contribution in [0.4, 0.5) is 0 Å². The normalized spacial score (nSPS) is 17.9. The number of hydrogen-bond acceptors (Lipinski definition) is 4. The summed E-state index contributed by atoms with van der Waals surface area (Å²) in [6, 6.07) is 5.54. The Morgan fingerprint density at radius 1 is 1.23 bits per heavy atom. The third-order valence-electron chi connectivity index (χ3n) is 5.39. The van der Waals surface area contributed by atoms with Crippen LogP contribution in [0.25, 0.3) is 0 Å². The van der Waals surface area contributed by atoms with E-state index in [1.54, 1.807) is 6.07 Å². The standard InChI is InChI=1S/C22H37NO3/c1-16(2)5-4-6-17(3)26-20-10-9-19(21(25)13-20)11-12-22(23,15-24)14-18-7-8-18/h9-10,13,16-18,24-25H,4-8,11-12,14-15,23H2,1-3H3. The van der Waals surface area contributed by atoms with Crippen molar-refractivity contribution in [2.45, 2.75) is 83.8 Å². The van der Waals surface area contributed by atoms with E-state index in [2.05, 4.69) is 20.8 Å². The average Bonchev–Trinajstić information content (AvgIpc) is 3.37. The molecule has 0 saturated heterocycles. The number of aliphatic hydroxyl groups excluding tert-OH is 1. The third kappa shape index (κ3) is 7.16. The van der Waals surface area contributed by atoms with Crippen LogP contribution in [-0.2, 0) is 6.42 Å². The Kier molecular flexibility index (Phi) is 7.78. The number of aryl methyl sites for hydroxylation is 1. The second-order valence-electron chi connectivity index (χ2n) is 8.71. The van der Waals surface area contributed by atoms with Crippen molar-refractivity contribution < 1.29 is 14.9 Å². The maximum absolute atomic E-state index is 10.3. The fourth-order valence-electron chi connectivity index (χ4n) is 3.46. The van der Waals surface area contributed by atoms with Gasteiger partial charge in [0.2, 0.25) is 0 Å². The Bertz CT molecular complexity index is 556. The van der Waals surface area contributed by atoms with E-state index in [0.717, 1.165) is 30.7 Å². The highest BCUT2D eigenvalue weighted by molar-refractivity contribution is 5.40. The summed E-state index contributed by atoms with van der Waals surface area (Å²) in [4.78, 5) is 0. The van der Waals surface area contributed by atoms with Gasteiger partial charge in [0.05, 0.1) is 12.7 Å². The van der Waals surface area contributed by atoms with Gasteiger partial charge < -0.3 is 20.7 Å². The highest BCUT2D eigenvalue weighted by atomic mass is 16.5. The van der Waals surface area contributed by atoms with Crippen molar-refractivity contribution in [1.82, 2.24) is 0 Å². The summed E-state index contributed by atoms with van der Waals surface area (Å²) in [7, 11) is 0. The minimum Gasteiger partial charge on any atom is -0.508 e. The Labute approximate surface area is 158 Å². The van der Waals surface area contributed by atoms with E-state index in [-0.39, 0.29) is 18.5 Å². The molecule has 2 rings (SSSR count). The molecule has 1 saturated carbocycles. The Morgan fingerprint density at radius 2 is 1.96 bits per heavy atom. The lowest BCUT2D eigenvalue weighted by molar-refractivity contribution is 0.172. The van der Waals surface area contributed by atoms with Gasteiger partial charge in [-0.2, -0.15) is 0 Å². The zero-order valence-corrected chi connectivity index (χ0v) is 16.7. The van der Waals surface area contributed by atoms with Crippen LogP contribution < -0.4 is 10.5 Å². The van der Waals surface area contributed by atoms with Crippen molar-refractivity contribution in [1.29, 1.82) is 0 Å². The van der Waals surface area contributed by atoms with E-state index >= 15 is 0 Å². The summed E-state index contributed by atoms with van der Waals surface area (Å²) in [6.07, 6.45) is 8.21. The number of benzene rings is 1. The van der Waals surface area contributed by atoms with Crippen LogP contribution in [-0.4, -0.2) is 28.5 Å². The van der Waals surface area contributed by atoms with Gasteiger partial charge in [0.25, 0.3) is 0 Å².